The van der Waals surface area contributed by atoms with E-state index in [-0.39, 0.29) is 5.91 Å². The number of rotatable bonds is 6. The number of hydrogen-bond donors (Lipinski definition) is 1. The number of ether oxygens (including phenoxy) is 1. The molecule has 0 heterocycles. The van der Waals surface area contributed by atoms with Crippen LogP contribution in [0.15, 0.2) is 77.9 Å². The molecule has 3 rings (SSSR count). The van der Waals surface area contributed by atoms with E-state index < -0.39 is 0 Å². The molecule has 0 spiro atoms. The molecule has 3 aromatic carbocycles. The number of halogens is 2. The molecule has 0 radical (unpaired) electrons. The van der Waals surface area contributed by atoms with Crippen LogP contribution in [-0.2, 0) is 6.61 Å². The van der Waals surface area contributed by atoms with Crippen molar-refractivity contribution in [1.82, 2.24) is 5.43 Å². The Balaban J connectivity index is 1.52. The fourth-order valence-electron chi connectivity index (χ4n) is 2.23. The molecule has 0 aliphatic carbocycles. The first-order valence-electron chi connectivity index (χ1n) is 8.16. The van der Waals surface area contributed by atoms with Crippen LogP contribution in [0, 0.1) is 0 Å². The summed E-state index contributed by atoms with van der Waals surface area (Å²) in [6.07, 6.45) is 1.55. The van der Waals surface area contributed by atoms with E-state index in [2.05, 4.69) is 10.5 Å². The van der Waals surface area contributed by atoms with Gasteiger partial charge in [-0.15, -0.1) is 0 Å². The molecule has 27 heavy (non-hydrogen) atoms. The molecule has 0 saturated carbocycles. The molecule has 0 unspecified atom stereocenters. The van der Waals surface area contributed by atoms with Gasteiger partial charge in [0.25, 0.3) is 5.91 Å². The quantitative estimate of drug-likeness (QED) is 0.450. The van der Waals surface area contributed by atoms with Crippen molar-refractivity contribution < 1.29 is 9.53 Å². The van der Waals surface area contributed by atoms with E-state index in [4.69, 9.17) is 27.9 Å². The fraction of sp³-hybridized carbons (Fsp3) is 0.0476. The van der Waals surface area contributed by atoms with Crippen LogP contribution in [0.25, 0.3) is 0 Å². The van der Waals surface area contributed by atoms with Crippen molar-refractivity contribution in [2.75, 3.05) is 0 Å². The van der Waals surface area contributed by atoms with Gasteiger partial charge in [0.15, 0.2) is 0 Å². The van der Waals surface area contributed by atoms with Crippen molar-refractivity contribution in [2.24, 2.45) is 5.10 Å². The predicted molar refractivity (Wildman–Crippen MR) is 109 cm³/mol. The summed E-state index contributed by atoms with van der Waals surface area (Å²) < 4.78 is 5.70. The number of carbonyl (C=O) groups excluding carboxylic acids is 1. The highest BCUT2D eigenvalue weighted by Crippen LogP contribution is 2.16. The smallest absolute Gasteiger partial charge is 0.271 e. The molecule has 0 fully saturated rings. The molecule has 6 heteroatoms. The van der Waals surface area contributed by atoms with Crippen LogP contribution >= 0.6 is 23.2 Å². The van der Waals surface area contributed by atoms with Crippen LogP contribution in [-0.4, -0.2) is 12.1 Å². The summed E-state index contributed by atoms with van der Waals surface area (Å²) in [6, 6.07) is 21.4. The molecule has 136 valence electrons. The molecule has 0 saturated heterocycles. The lowest BCUT2D eigenvalue weighted by Crippen LogP contribution is -2.17. The van der Waals surface area contributed by atoms with Crippen molar-refractivity contribution in [3.05, 3.63) is 99.5 Å². The number of benzene rings is 3. The van der Waals surface area contributed by atoms with E-state index in [0.717, 1.165) is 11.1 Å². The number of hydrogen-bond acceptors (Lipinski definition) is 3. The maximum atomic E-state index is 12.1. The zero-order valence-corrected chi connectivity index (χ0v) is 15.7. The first kappa shape index (κ1) is 19.0. The maximum Gasteiger partial charge on any atom is 0.271 e. The summed E-state index contributed by atoms with van der Waals surface area (Å²) in [5.41, 5.74) is 4.83. The Kier molecular flexibility index (Phi) is 6.47. The highest BCUT2D eigenvalue weighted by atomic mass is 35.5. The Hall–Kier alpha value is -2.82. The van der Waals surface area contributed by atoms with Gasteiger partial charge in [-0.25, -0.2) is 5.43 Å². The van der Waals surface area contributed by atoms with Crippen LogP contribution in [0.1, 0.15) is 21.5 Å². The molecule has 0 atom stereocenters. The summed E-state index contributed by atoms with van der Waals surface area (Å²) in [5.74, 6) is 0.371. The maximum absolute atomic E-state index is 12.1. The lowest BCUT2D eigenvalue weighted by Gasteiger charge is -2.07. The molecule has 1 amide bonds. The first-order chi connectivity index (χ1) is 13.1. The molecule has 0 aliphatic rings. The van der Waals surface area contributed by atoms with Crippen LogP contribution in [0.5, 0.6) is 5.75 Å². The van der Waals surface area contributed by atoms with E-state index in [1.54, 1.807) is 42.6 Å². The van der Waals surface area contributed by atoms with E-state index in [0.29, 0.717) is 28.0 Å². The molecular weight excluding hydrogens is 383 g/mol. The zero-order chi connectivity index (χ0) is 19.1. The Morgan fingerprint density at radius 3 is 2.11 bits per heavy atom. The minimum absolute atomic E-state index is 0.301. The van der Waals surface area contributed by atoms with Gasteiger partial charge in [0.1, 0.15) is 12.4 Å². The molecule has 0 aliphatic heterocycles. The molecule has 3 aromatic rings. The summed E-state index contributed by atoms with van der Waals surface area (Å²) in [4.78, 5) is 12.1. The van der Waals surface area contributed by atoms with Crippen molar-refractivity contribution in [3.8, 4) is 5.75 Å². The molecular formula is C21H16Cl2N2O2. The van der Waals surface area contributed by atoms with E-state index in [9.17, 15) is 4.79 Å². The number of nitrogens with one attached hydrogen (secondary N) is 1. The van der Waals surface area contributed by atoms with Crippen LogP contribution < -0.4 is 10.2 Å². The van der Waals surface area contributed by atoms with Gasteiger partial charge in [0.05, 0.1) is 6.21 Å². The third kappa shape index (κ3) is 5.84. The largest absolute Gasteiger partial charge is 0.489 e. The highest BCUT2D eigenvalue weighted by molar-refractivity contribution is 6.30. The summed E-state index contributed by atoms with van der Waals surface area (Å²) >= 11 is 11.7. The van der Waals surface area contributed by atoms with Gasteiger partial charge in [-0.05, 0) is 59.7 Å². The summed E-state index contributed by atoms with van der Waals surface area (Å²) in [6.45, 7) is 0.425. The Labute approximate surface area is 167 Å². The lowest BCUT2D eigenvalue weighted by molar-refractivity contribution is 0.0955. The zero-order valence-electron chi connectivity index (χ0n) is 14.2. The second-order valence-electron chi connectivity index (χ2n) is 5.69. The summed E-state index contributed by atoms with van der Waals surface area (Å²) in [7, 11) is 0. The average molecular weight is 399 g/mol. The Bertz CT molecular complexity index is 922. The number of hydrazone groups is 1. The van der Waals surface area contributed by atoms with Gasteiger partial charge >= 0.3 is 0 Å². The second-order valence-corrected chi connectivity index (χ2v) is 6.56. The molecule has 4 nitrogen and oxygen atoms in total. The standard InChI is InChI=1S/C21H16Cl2N2O2/c22-18-7-1-15(2-8-18)13-24-25-21(26)17-5-11-20(12-6-17)27-14-16-3-9-19(23)10-4-16/h1-13H,14H2,(H,25,26)/b24-13+. The monoisotopic (exact) mass is 398 g/mol. The van der Waals surface area contributed by atoms with Crippen molar-refractivity contribution in [3.63, 3.8) is 0 Å². The predicted octanol–water partition coefficient (Wildman–Crippen LogP) is 5.34. The third-order valence-corrected chi connectivity index (χ3v) is 4.19. The second kappa shape index (κ2) is 9.21. The van der Waals surface area contributed by atoms with Crippen molar-refractivity contribution in [1.29, 1.82) is 0 Å². The van der Waals surface area contributed by atoms with E-state index in [1.807, 2.05) is 36.4 Å². The number of carbonyl (C=O) groups is 1. The van der Waals surface area contributed by atoms with Crippen LogP contribution in [0.2, 0.25) is 10.0 Å². The van der Waals surface area contributed by atoms with Crippen molar-refractivity contribution in [2.45, 2.75) is 6.61 Å². The lowest BCUT2D eigenvalue weighted by atomic mass is 10.2. The normalized spacial score (nSPS) is 10.7. The van der Waals surface area contributed by atoms with Crippen molar-refractivity contribution >= 4 is 35.3 Å². The summed E-state index contributed by atoms with van der Waals surface area (Å²) in [5, 5.41) is 5.28. The highest BCUT2D eigenvalue weighted by Gasteiger charge is 2.04. The topological polar surface area (TPSA) is 50.7 Å². The number of nitrogens with zero attached hydrogens (tertiary/aromatic N) is 1. The Morgan fingerprint density at radius 1 is 0.889 bits per heavy atom. The SMILES string of the molecule is O=C(N/N=C/c1ccc(Cl)cc1)c1ccc(OCc2ccc(Cl)cc2)cc1. The fourth-order valence-corrected chi connectivity index (χ4v) is 2.48. The van der Waals surface area contributed by atoms with E-state index in [1.165, 1.54) is 0 Å². The number of amides is 1. The van der Waals surface area contributed by atoms with Gasteiger partial charge < -0.3 is 4.74 Å². The molecule has 1 N–H and O–H groups in total. The van der Waals surface area contributed by atoms with E-state index >= 15 is 0 Å². The van der Waals surface area contributed by atoms with Crippen LogP contribution in [0.4, 0.5) is 0 Å². The van der Waals surface area contributed by atoms with Gasteiger partial charge in [0, 0.05) is 15.6 Å². The third-order valence-electron chi connectivity index (χ3n) is 3.68. The molecule has 0 bridgehead atoms. The van der Waals surface area contributed by atoms with Gasteiger partial charge in [-0.2, -0.15) is 5.10 Å². The minimum Gasteiger partial charge on any atom is -0.489 e. The first-order valence-corrected chi connectivity index (χ1v) is 8.92. The van der Waals surface area contributed by atoms with Gasteiger partial charge in [-0.3, -0.25) is 4.79 Å². The van der Waals surface area contributed by atoms with Crippen LogP contribution in [0.3, 0.4) is 0 Å². The average Bonchev–Trinajstić information content (AvgIpc) is 2.69. The van der Waals surface area contributed by atoms with Gasteiger partial charge in [0.2, 0.25) is 0 Å². The minimum atomic E-state index is -0.301. The van der Waals surface area contributed by atoms with Gasteiger partial charge in [-0.1, -0.05) is 47.5 Å². The molecule has 0 aromatic heterocycles. The Morgan fingerprint density at radius 2 is 1.48 bits per heavy atom.